The van der Waals surface area contributed by atoms with Crippen molar-refractivity contribution in [3.8, 4) is 23.0 Å². The highest BCUT2D eigenvalue weighted by Crippen LogP contribution is 2.48. The van der Waals surface area contributed by atoms with Crippen LogP contribution < -0.4 is 18.9 Å². The van der Waals surface area contributed by atoms with Crippen LogP contribution in [-0.4, -0.2) is 45.0 Å². The molecule has 0 N–H and O–H groups in total. The second-order valence-corrected chi connectivity index (χ2v) is 7.31. The van der Waals surface area contributed by atoms with Crippen LogP contribution in [0, 0.1) is 0 Å². The van der Waals surface area contributed by atoms with Crippen LogP contribution in [0.5, 0.6) is 23.0 Å². The van der Waals surface area contributed by atoms with Crippen molar-refractivity contribution < 1.29 is 28.5 Å². The van der Waals surface area contributed by atoms with Crippen molar-refractivity contribution in [3.63, 3.8) is 0 Å². The predicted octanol–water partition coefficient (Wildman–Crippen LogP) is 3.24. The predicted molar refractivity (Wildman–Crippen MR) is 110 cm³/mol. The first-order valence-electron chi connectivity index (χ1n) is 9.99. The Hall–Kier alpha value is -3.35. The Morgan fingerprint density at radius 1 is 1.10 bits per heavy atom. The standard InChI is InChI=1S/C23H23NO6/c1-4-28-23(25)20-14-5-6-17(26-2)22(27-3)16(14)11-24-8-7-13-9-18-19(30-12-29-18)10-15(13)21(20)24/h5-6,9-10H,4,7-8,11-12H2,1-3H3. The average Bonchev–Trinajstić information content (AvgIpc) is 3.22. The molecule has 156 valence electrons. The highest BCUT2D eigenvalue weighted by atomic mass is 16.7. The molecule has 2 aromatic rings. The molecule has 0 fully saturated rings. The van der Waals surface area contributed by atoms with Gasteiger partial charge in [-0.15, -0.1) is 0 Å². The van der Waals surface area contributed by atoms with Crippen molar-refractivity contribution in [2.45, 2.75) is 19.9 Å². The smallest absolute Gasteiger partial charge is 0.340 e. The molecule has 0 atom stereocenters. The Morgan fingerprint density at radius 2 is 1.90 bits per heavy atom. The largest absolute Gasteiger partial charge is 0.493 e. The summed E-state index contributed by atoms with van der Waals surface area (Å²) in [7, 11) is 3.23. The molecule has 0 spiro atoms. The zero-order chi connectivity index (χ0) is 20.8. The summed E-state index contributed by atoms with van der Waals surface area (Å²) < 4.78 is 27.8. The molecule has 0 radical (unpaired) electrons. The van der Waals surface area contributed by atoms with Crippen LogP contribution in [0.2, 0.25) is 0 Å². The minimum atomic E-state index is -0.351. The van der Waals surface area contributed by atoms with E-state index in [1.54, 1.807) is 14.2 Å². The summed E-state index contributed by atoms with van der Waals surface area (Å²) in [6.45, 7) is 3.70. The van der Waals surface area contributed by atoms with Crippen LogP contribution in [0.4, 0.5) is 0 Å². The molecule has 0 saturated carbocycles. The lowest BCUT2D eigenvalue weighted by molar-refractivity contribution is -0.136. The van der Waals surface area contributed by atoms with Crippen LogP contribution in [0.25, 0.3) is 11.3 Å². The minimum Gasteiger partial charge on any atom is -0.493 e. The van der Waals surface area contributed by atoms with Gasteiger partial charge in [0.15, 0.2) is 23.0 Å². The number of ether oxygens (including phenoxy) is 5. The van der Waals surface area contributed by atoms with Crippen molar-refractivity contribution in [1.29, 1.82) is 0 Å². The summed E-state index contributed by atoms with van der Waals surface area (Å²) in [6.07, 6.45) is 0.840. The van der Waals surface area contributed by atoms with Gasteiger partial charge < -0.3 is 28.6 Å². The molecule has 0 saturated heterocycles. The summed E-state index contributed by atoms with van der Waals surface area (Å²) >= 11 is 0. The summed E-state index contributed by atoms with van der Waals surface area (Å²) in [5.41, 5.74) is 5.26. The topological polar surface area (TPSA) is 66.5 Å². The Bertz CT molecular complexity index is 1070. The number of rotatable bonds is 4. The molecule has 0 aliphatic carbocycles. The lowest BCUT2D eigenvalue weighted by Gasteiger charge is -2.39. The number of hydrogen-bond donors (Lipinski definition) is 0. The molecule has 5 rings (SSSR count). The van der Waals surface area contributed by atoms with E-state index < -0.39 is 0 Å². The van der Waals surface area contributed by atoms with Crippen LogP contribution in [0.1, 0.15) is 29.2 Å². The molecule has 7 heteroatoms. The third kappa shape index (κ3) is 2.69. The molecular weight excluding hydrogens is 386 g/mol. The van der Waals surface area contributed by atoms with Crippen LogP contribution in [0.3, 0.4) is 0 Å². The third-order valence-corrected chi connectivity index (χ3v) is 5.80. The molecule has 0 unspecified atom stereocenters. The Balaban J connectivity index is 1.78. The van der Waals surface area contributed by atoms with E-state index in [2.05, 4.69) is 4.90 Å². The number of benzene rings is 2. The maximum Gasteiger partial charge on any atom is 0.340 e. The van der Waals surface area contributed by atoms with Gasteiger partial charge in [-0.3, -0.25) is 0 Å². The quantitative estimate of drug-likeness (QED) is 0.718. The van der Waals surface area contributed by atoms with Gasteiger partial charge >= 0.3 is 5.97 Å². The van der Waals surface area contributed by atoms with Crippen molar-refractivity contribution in [2.24, 2.45) is 0 Å². The van der Waals surface area contributed by atoms with Gasteiger partial charge in [0.2, 0.25) is 6.79 Å². The molecule has 3 aliphatic rings. The fraction of sp³-hybridized carbons (Fsp3) is 0.348. The Morgan fingerprint density at radius 3 is 2.63 bits per heavy atom. The van der Waals surface area contributed by atoms with E-state index in [0.717, 1.165) is 46.7 Å². The van der Waals surface area contributed by atoms with Crippen molar-refractivity contribution in [2.75, 3.05) is 34.2 Å². The first kappa shape index (κ1) is 18.7. The normalized spacial score (nSPS) is 15.9. The average molecular weight is 409 g/mol. The lowest BCUT2D eigenvalue weighted by Crippen LogP contribution is -2.34. The number of hydrogen-bond acceptors (Lipinski definition) is 7. The molecule has 0 bridgehead atoms. The number of carbonyl (C=O) groups is 1. The molecule has 30 heavy (non-hydrogen) atoms. The van der Waals surface area contributed by atoms with Gasteiger partial charge in [0.1, 0.15) is 0 Å². The molecule has 3 aliphatic heterocycles. The van der Waals surface area contributed by atoms with E-state index in [1.807, 2.05) is 31.2 Å². The number of nitrogens with zero attached hydrogens (tertiary/aromatic N) is 1. The molecule has 2 aromatic carbocycles. The van der Waals surface area contributed by atoms with E-state index in [1.165, 1.54) is 0 Å². The molecule has 0 aromatic heterocycles. The van der Waals surface area contributed by atoms with E-state index >= 15 is 0 Å². The summed E-state index contributed by atoms with van der Waals surface area (Å²) in [4.78, 5) is 15.4. The maximum atomic E-state index is 13.2. The van der Waals surface area contributed by atoms with Crippen molar-refractivity contribution in [3.05, 3.63) is 46.5 Å². The van der Waals surface area contributed by atoms with Gasteiger partial charge in [0, 0.05) is 29.8 Å². The summed E-state index contributed by atoms with van der Waals surface area (Å²) in [5.74, 6) is 2.39. The fourth-order valence-corrected chi connectivity index (χ4v) is 4.51. The van der Waals surface area contributed by atoms with Gasteiger partial charge in [-0.1, -0.05) is 0 Å². The zero-order valence-corrected chi connectivity index (χ0v) is 17.2. The minimum absolute atomic E-state index is 0.214. The van der Waals surface area contributed by atoms with Crippen molar-refractivity contribution in [1.82, 2.24) is 4.90 Å². The van der Waals surface area contributed by atoms with Gasteiger partial charge in [0.05, 0.1) is 32.1 Å². The maximum absolute atomic E-state index is 13.2. The molecular formula is C23H23NO6. The fourth-order valence-electron chi connectivity index (χ4n) is 4.51. The number of esters is 1. The molecule has 3 heterocycles. The van der Waals surface area contributed by atoms with E-state index in [0.29, 0.717) is 36.0 Å². The van der Waals surface area contributed by atoms with Crippen LogP contribution in [0.15, 0.2) is 24.3 Å². The van der Waals surface area contributed by atoms with Crippen LogP contribution >= 0.6 is 0 Å². The lowest BCUT2D eigenvalue weighted by atomic mass is 9.85. The van der Waals surface area contributed by atoms with Gasteiger partial charge in [-0.05, 0) is 43.2 Å². The van der Waals surface area contributed by atoms with Gasteiger partial charge in [0.25, 0.3) is 0 Å². The SMILES string of the molecule is CCOC(=O)C1=C2c3cc4c(cc3CCN2Cc2c1ccc(OC)c2OC)OCO4. The highest BCUT2D eigenvalue weighted by Gasteiger charge is 2.37. The van der Waals surface area contributed by atoms with E-state index in [-0.39, 0.29) is 12.8 Å². The monoisotopic (exact) mass is 409 g/mol. The number of methoxy groups -OCH3 is 2. The molecule has 7 nitrogen and oxygen atoms in total. The summed E-state index contributed by atoms with van der Waals surface area (Å²) in [5, 5.41) is 0. The van der Waals surface area contributed by atoms with E-state index in [9.17, 15) is 4.79 Å². The van der Waals surface area contributed by atoms with Gasteiger partial charge in [-0.25, -0.2) is 4.79 Å². The Labute approximate surface area is 174 Å². The highest BCUT2D eigenvalue weighted by molar-refractivity contribution is 6.25. The zero-order valence-electron chi connectivity index (χ0n) is 17.2. The Kier molecular flexibility index (Phi) is 4.46. The summed E-state index contributed by atoms with van der Waals surface area (Å²) in [6, 6.07) is 7.74. The first-order chi connectivity index (χ1) is 14.7. The second kappa shape index (κ2) is 7.16. The van der Waals surface area contributed by atoms with Crippen LogP contribution in [-0.2, 0) is 22.5 Å². The number of carbonyl (C=O) groups excluding carboxylic acids is 1. The number of fused-ring (bicyclic) bond motifs is 5. The second-order valence-electron chi connectivity index (χ2n) is 7.31. The van der Waals surface area contributed by atoms with Crippen molar-refractivity contribution >= 4 is 17.2 Å². The molecule has 0 amide bonds. The first-order valence-corrected chi connectivity index (χ1v) is 9.99. The van der Waals surface area contributed by atoms with E-state index in [4.69, 9.17) is 23.7 Å². The third-order valence-electron chi connectivity index (χ3n) is 5.80. The van der Waals surface area contributed by atoms with Gasteiger partial charge in [-0.2, -0.15) is 0 Å².